The van der Waals surface area contributed by atoms with Gasteiger partial charge >= 0.3 is 12.1 Å². The van der Waals surface area contributed by atoms with Crippen LogP contribution >= 0.6 is 0 Å². The van der Waals surface area contributed by atoms with Crippen molar-refractivity contribution in [3.8, 4) is 0 Å². The van der Waals surface area contributed by atoms with Gasteiger partial charge in [0, 0.05) is 38.4 Å². The molecule has 2 heterocycles. The first-order valence-corrected chi connectivity index (χ1v) is 11.9. The number of hydrogen-bond acceptors (Lipinski definition) is 4. The molecular weight excluding hydrogens is 435 g/mol. The van der Waals surface area contributed by atoms with Crippen molar-refractivity contribution in [1.82, 2.24) is 10.2 Å². The van der Waals surface area contributed by atoms with Crippen LogP contribution in [0.4, 0.5) is 31.0 Å². The first-order chi connectivity index (χ1) is 16.2. The van der Waals surface area contributed by atoms with Gasteiger partial charge in [-0.2, -0.15) is 0 Å². The van der Waals surface area contributed by atoms with Gasteiger partial charge in [0.05, 0.1) is 11.4 Å². The fourth-order valence-electron chi connectivity index (χ4n) is 4.43. The number of hydrogen-bond donors (Lipinski definition) is 1. The second-order valence-electron chi connectivity index (χ2n) is 9.87. The number of nitrogens with zero attached hydrogens (tertiary/aromatic N) is 3. The first kappa shape index (κ1) is 23.9. The molecule has 0 radical (unpaired) electrons. The largest absolute Gasteiger partial charge is 0.444 e. The second-order valence-corrected chi connectivity index (χ2v) is 9.87. The Morgan fingerprint density at radius 2 is 1.62 bits per heavy atom. The van der Waals surface area contributed by atoms with E-state index in [1.807, 2.05) is 45.0 Å². The van der Waals surface area contributed by atoms with E-state index in [0.29, 0.717) is 38.6 Å². The summed E-state index contributed by atoms with van der Waals surface area (Å²) in [5.74, 6) is 0.0466. The van der Waals surface area contributed by atoms with Crippen LogP contribution in [0.2, 0.25) is 0 Å². The fourth-order valence-corrected chi connectivity index (χ4v) is 4.43. The summed E-state index contributed by atoms with van der Waals surface area (Å²) < 4.78 is 18.8. The van der Waals surface area contributed by atoms with E-state index >= 15 is 0 Å². The highest BCUT2D eigenvalue weighted by atomic mass is 19.1. The lowest BCUT2D eigenvalue weighted by atomic mass is 9.97. The number of anilines is 3. The van der Waals surface area contributed by atoms with E-state index in [1.165, 1.54) is 12.1 Å². The van der Waals surface area contributed by atoms with Crippen molar-refractivity contribution in [2.45, 2.75) is 39.2 Å². The van der Waals surface area contributed by atoms with Crippen molar-refractivity contribution in [2.24, 2.45) is 5.92 Å². The maximum absolute atomic E-state index is 13.4. The van der Waals surface area contributed by atoms with Gasteiger partial charge in [0.15, 0.2) is 0 Å². The smallest absolute Gasteiger partial charge is 0.410 e. The van der Waals surface area contributed by atoms with Crippen LogP contribution < -0.4 is 15.1 Å². The standard InChI is InChI=1S/C26H33FN4O3/c1-26(2,3)34-25(33)29-14-12-19(13-15-29)18-28-24(32)31-17-16-30(21-10-8-20(27)9-11-21)22-6-4-5-7-23(22)31/h4-11,19H,12-18H2,1-3H3,(H,28,32). The minimum atomic E-state index is -0.501. The van der Waals surface area contributed by atoms with Gasteiger partial charge in [-0.3, -0.25) is 4.90 Å². The Morgan fingerprint density at radius 1 is 0.971 bits per heavy atom. The highest BCUT2D eigenvalue weighted by molar-refractivity contribution is 5.97. The van der Waals surface area contributed by atoms with E-state index in [1.54, 1.807) is 21.9 Å². The van der Waals surface area contributed by atoms with E-state index in [-0.39, 0.29) is 17.9 Å². The van der Waals surface area contributed by atoms with Crippen LogP contribution in [0.3, 0.4) is 0 Å². The van der Waals surface area contributed by atoms with Crippen molar-refractivity contribution >= 4 is 29.2 Å². The van der Waals surface area contributed by atoms with Gasteiger partial charge in [-0.15, -0.1) is 0 Å². The Morgan fingerprint density at radius 3 is 2.26 bits per heavy atom. The number of nitrogens with one attached hydrogen (secondary N) is 1. The Kier molecular flexibility index (Phi) is 6.95. The van der Waals surface area contributed by atoms with E-state index in [4.69, 9.17) is 4.74 Å². The number of urea groups is 1. The molecule has 0 bridgehead atoms. The molecule has 7 nitrogen and oxygen atoms in total. The average molecular weight is 469 g/mol. The Balaban J connectivity index is 1.33. The van der Waals surface area contributed by atoms with Crippen molar-refractivity contribution in [3.05, 3.63) is 54.3 Å². The molecule has 2 aliphatic rings. The number of ether oxygens (including phenoxy) is 1. The zero-order chi connectivity index (χ0) is 24.3. The number of carbonyl (C=O) groups is 2. The Bertz CT molecular complexity index is 1010. The lowest BCUT2D eigenvalue weighted by Crippen LogP contribution is -2.49. The highest BCUT2D eigenvalue weighted by Gasteiger charge is 2.30. The fraction of sp³-hybridized carbons (Fsp3) is 0.462. The number of fused-ring (bicyclic) bond motifs is 1. The van der Waals surface area contributed by atoms with Crippen molar-refractivity contribution in [3.63, 3.8) is 0 Å². The maximum Gasteiger partial charge on any atom is 0.410 e. The zero-order valence-electron chi connectivity index (χ0n) is 20.1. The van der Waals surface area contributed by atoms with Gasteiger partial charge in [0.25, 0.3) is 0 Å². The van der Waals surface area contributed by atoms with Crippen LogP contribution in [0.25, 0.3) is 0 Å². The molecule has 4 rings (SSSR count). The van der Waals surface area contributed by atoms with Crippen LogP contribution in [-0.4, -0.2) is 55.3 Å². The number of rotatable bonds is 3. The summed E-state index contributed by atoms with van der Waals surface area (Å²) in [6.45, 7) is 8.58. The number of halogens is 1. The molecule has 8 heteroatoms. The molecule has 1 fully saturated rings. The van der Waals surface area contributed by atoms with E-state index in [9.17, 15) is 14.0 Å². The first-order valence-electron chi connectivity index (χ1n) is 11.9. The lowest BCUT2D eigenvalue weighted by molar-refractivity contribution is 0.0184. The second kappa shape index (κ2) is 9.91. The molecule has 3 amide bonds. The van der Waals surface area contributed by atoms with Crippen molar-refractivity contribution < 1.29 is 18.7 Å². The SMILES string of the molecule is CC(C)(C)OC(=O)N1CCC(CNC(=O)N2CCN(c3ccc(F)cc3)c3ccccc32)CC1. The molecule has 182 valence electrons. The topological polar surface area (TPSA) is 65.1 Å². The van der Waals surface area contributed by atoms with Gasteiger partial charge in [-0.05, 0) is 75.9 Å². The summed E-state index contributed by atoms with van der Waals surface area (Å²) in [5.41, 5.74) is 2.14. The number of likely N-dealkylation sites (tertiary alicyclic amines) is 1. The maximum atomic E-state index is 13.4. The quantitative estimate of drug-likeness (QED) is 0.677. The van der Waals surface area contributed by atoms with Gasteiger partial charge in [0.1, 0.15) is 11.4 Å². The molecule has 0 saturated carbocycles. The molecule has 0 aliphatic carbocycles. The zero-order valence-corrected chi connectivity index (χ0v) is 20.1. The molecule has 2 aliphatic heterocycles. The van der Waals surface area contributed by atoms with Crippen LogP contribution in [0, 0.1) is 11.7 Å². The molecule has 0 aromatic heterocycles. The van der Waals surface area contributed by atoms with Crippen molar-refractivity contribution in [1.29, 1.82) is 0 Å². The van der Waals surface area contributed by atoms with Crippen LogP contribution in [0.1, 0.15) is 33.6 Å². The third-order valence-corrected chi connectivity index (χ3v) is 6.20. The van der Waals surface area contributed by atoms with Crippen LogP contribution in [0.5, 0.6) is 0 Å². The molecule has 2 aromatic rings. The van der Waals surface area contributed by atoms with Crippen LogP contribution in [-0.2, 0) is 4.74 Å². The summed E-state index contributed by atoms with van der Waals surface area (Å²) >= 11 is 0. The molecule has 0 atom stereocenters. The normalized spacial score (nSPS) is 16.8. The predicted molar refractivity (Wildman–Crippen MR) is 131 cm³/mol. The monoisotopic (exact) mass is 468 g/mol. The predicted octanol–water partition coefficient (Wildman–Crippen LogP) is 5.14. The molecule has 34 heavy (non-hydrogen) atoms. The van der Waals surface area contributed by atoms with E-state index in [0.717, 1.165) is 29.9 Å². The average Bonchev–Trinajstić information content (AvgIpc) is 2.82. The Labute approximate surface area is 200 Å². The summed E-state index contributed by atoms with van der Waals surface area (Å²) in [5, 5.41) is 3.09. The lowest BCUT2D eigenvalue weighted by Gasteiger charge is -2.38. The van der Waals surface area contributed by atoms with E-state index < -0.39 is 5.60 Å². The number of amides is 3. The van der Waals surface area contributed by atoms with Gasteiger partial charge in [-0.1, -0.05) is 12.1 Å². The molecule has 0 unspecified atom stereocenters. The Hall–Kier alpha value is -3.29. The summed E-state index contributed by atoms with van der Waals surface area (Å²) in [6.07, 6.45) is 1.38. The van der Waals surface area contributed by atoms with Crippen molar-refractivity contribution in [2.75, 3.05) is 42.5 Å². The minimum Gasteiger partial charge on any atom is -0.444 e. The third kappa shape index (κ3) is 5.61. The number of benzene rings is 2. The summed E-state index contributed by atoms with van der Waals surface area (Å²) in [7, 11) is 0. The number of carbonyl (C=O) groups excluding carboxylic acids is 2. The molecule has 1 saturated heterocycles. The number of piperidine rings is 1. The minimum absolute atomic E-state index is 0.124. The van der Waals surface area contributed by atoms with E-state index in [2.05, 4.69) is 10.2 Å². The van der Waals surface area contributed by atoms with Gasteiger partial charge < -0.3 is 19.9 Å². The molecular formula is C26H33FN4O3. The molecule has 1 N–H and O–H groups in total. The van der Waals surface area contributed by atoms with Gasteiger partial charge in [-0.25, -0.2) is 14.0 Å². The summed E-state index contributed by atoms with van der Waals surface area (Å²) in [4.78, 5) is 31.0. The molecule has 0 spiro atoms. The molecule has 2 aromatic carbocycles. The van der Waals surface area contributed by atoms with Gasteiger partial charge in [0.2, 0.25) is 0 Å². The number of para-hydroxylation sites is 2. The van der Waals surface area contributed by atoms with Crippen LogP contribution in [0.15, 0.2) is 48.5 Å². The summed E-state index contributed by atoms with van der Waals surface area (Å²) in [6, 6.07) is 14.1. The third-order valence-electron chi connectivity index (χ3n) is 6.20. The highest BCUT2D eigenvalue weighted by Crippen LogP contribution is 2.37.